The molecule has 4 aromatic carbocycles. The number of nitrogens with zero attached hydrogens (tertiary/aromatic N) is 2. The molecule has 0 saturated carbocycles. The number of amides is 4. The van der Waals surface area contributed by atoms with Gasteiger partial charge in [0.05, 0.1) is 46.8 Å². The first-order chi connectivity index (χ1) is 39.4. The van der Waals surface area contributed by atoms with Crippen LogP contribution in [0.1, 0.15) is 115 Å². The fraction of sp³-hybridized carbons (Fsp3) is 0.469. The summed E-state index contributed by atoms with van der Waals surface area (Å²) in [5.74, 6) is -0.999. The minimum Gasteiger partial charge on any atom is -0.504 e. The SMILES string of the molecule is CCC(C)(C)C(=O)C(=O)N1CCCCC1C(=O)OC(CCc1ccc(OC)c(OC)c1)c1cccc(NC(=O)CCC(=O)NC(CC=C/C=C\OC)CC(=O)NC(Cc2ccccc2)C(O)CN(CC(C)C)Sc2ccc(OC)cc2)c1. The highest BCUT2D eigenvalue weighted by atomic mass is 32.2. The number of rotatable bonds is 33. The lowest BCUT2D eigenvalue weighted by Crippen LogP contribution is -2.53. The summed E-state index contributed by atoms with van der Waals surface area (Å²) in [5.41, 5.74) is 1.91. The predicted molar refractivity (Wildman–Crippen MR) is 319 cm³/mol. The number of anilines is 1. The maximum absolute atomic E-state index is 14.2. The molecule has 4 amide bonds. The van der Waals surface area contributed by atoms with Crippen molar-refractivity contribution in [3.8, 4) is 17.2 Å². The smallest absolute Gasteiger partial charge is 0.329 e. The van der Waals surface area contributed by atoms with Crippen molar-refractivity contribution in [1.29, 1.82) is 0 Å². The van der Waals surface area contributed by atoms with Gasteiger partial charge in [0.25, 0.3) is 5.91 Å². The first-order valence-electron chi connectivity index (χ1n) is 28.2. The molecule has 1 fully saturated rings. The minimum absolute atomic E-state index is 0.112. The maximum atomic E-state index is 14.2. The third-order valence-corrected chi connectivity index (χ3v) is 15.3. The molecule has 0 bridgehead atoms. The molecule has 18 heteroatoms. The van der Waals surface area contributed by atoms with Crippen LogP contribution < -0.4 is 30.2 Å². The number of carbonyl (C=O) groups is 6. The highest BCUT2D eigenvalue weighted by Gasteiger charge is 2.41. The lowest BCUT2D eigenvalue weighted by molar-refractivity contribution is -0.164. The van der Waals surface area contributed by atoms with E-state index in [1.807, 2.05) is 79.7 Å². The van der Waals surface area contributed by atoms with Gasteiger partial charge in [0.1, 0.15) is 17.9 Å². The second-order valence-electron chi connectivity index (χ2n) is 21.5. The van der Waals surface area contributed by atoms with E-state index in [-0.39, 0.29) is 50.6 Å². The molecule has 5 rings (SSSR count). The molecule has 5 atom stereocenters. The molecule has 82 heavy (non-hydrogen) atoms. The number of piperidine rings is 1. The number of ether oxygens (including phenoxy) is 5. The first-order valence-corrected chi connectivity index (χ1v) is 29.0. The number of aliphatic hydroxyl groups excluding tert-OH is 1. The summed E-state index contributed by atoms with van der Waals surface area (Å²) in [6.45, 7) is 10.7. The van der Waals surface area contributed by atoms with E-state index in [2.05, 4.69) is 34.1 Å². The normalized spacial score (nSPS) is 15.1. The van der Waals surface area contributed by atoms with Crippen molar-refractivity contribution in [3.63, 3.8) is 0 Å². The number of Topliss-reactive ketones (excluding diaryl/α,β-unsaturated/α-hetero) is 1. The Hall–Kier alpha value is -7.15. The largest absolute Gasteiger partial charge is 0.504 e. The van der Waals surface area contributed by atoms with Gasteiger partial charge < -0.3 is 49.6 Å². The standard InChI is InChI=1S/C64H85N5O12S/c1-10-64(4,5)61(74)62(75)69-36-17-16-25-53(69)63(76)81-55(32-26-46-27-33-56(79-8)57(39-46)80-9)47-22-19-24-48(40-47)65-58(71)34-35-59(72)66-49(23-15-12-18-37-77-6)41-60(73)67-52(38-45-20-13-11-14-21-45)54(70)43-68(42-44(2)3)82-51-30-28-50(78-7)29-31-51/h11-15,18-22,24,27-31,33,37,39-40,44,49,52-55,70H,10,16-17,23,25-26,32,34-36,38,41-43H2,1-9H3,(H,65,71)(H,66,72)(H,67,73)/b15-12?,37-18-. The topological polar surface area (TPSA) is 211 Å². The number of hydrogen-bond donors (Lipinski definition) is 4. The van der Waals surface area contributed by atoms with Gasteiger partial charge in [0, 0.05) is 60.9 Å². The van der Waals surface area contributed by atoms with E-state index in [0.29, 0.717) is 74.2 Å². The maximum Gasteiger partial charge on any atom is 0.329 e. The summed E-state index contributed by atoms with van der Waals surface area (Å²) < 4.78 is 29.8. The predicted octanol–water partition coefficient (Wildman–Crippen LogP) is 9.77. The number of carbonyl (C=O) groups excluding carboxylic acids is 6. The Bertz CT molecular complexity index is 2750. The van der Waals surface area contributed by atoms with E-state index in [1.54, 1.807) is 77.7 Å². The van der Waals surface area contributed by atoms with Crippen LogP contribution in [0.15, 0.2) is 126 Å². The molecule has 0 radical (unpaired) electrons. The quantitative estimate of drug-likeness (QED) is 0.0115. The molecule has 4 N–H and O–H groups in total. The van der Waals surface area contributed by atoms with Gasteiger partial charge in [-0.05, 0) is 141 Å². The summed E-state index contributed by atoms with van der Waals surface area (Å²) in [7, 11) is 6.25. The number of aliphatic hydroxyl groups is 1. The second kappa shape index (κ2) is 33.7. The van der Waals surface area contributed by atoms with Crippen molar-refractivity contribution in [3.05, 3.63) is 138 Å². The number of ketones is 1. The van der Waals surface area contributed by atoms with Crippen LogP contribution in [0.5, 0.6) is 17.2 Å². The van der Waals surface area contributed by atoms with Crippen LogP contribution in [0.2, 0.25) is 0 Å². The molecular weight excluding hydrogens is 1060 g/mol. The molecule has 1 saturated heterocycles. The molecule has 1 aliphatic rings. The summed E-state index contributed by atoms with van der Waals surface area (Å²) in [5, 5.41) is 20.9. The van der Waals surface area contributed by atoms with E-state index in [9.17, 15) is 33.9 Å². The van der Waals surface area contributed by atoms with Crippen molar-refractivity contribution in [1.82, 2.24) is 19.8 Å². The van der Waals surface area contributed by atoms with Crippen molar-refractivity contribution in [2.45, 2.75) is 140 Å². The van der Waals surface area contributed by atoms with Gasteiger partial charge >= 0.3 is 5.97 Å². The summed E-state index contributed by atoms with van der Waals surface area (Å²) in [4.78, 5) is 84.9. The third kappa shape index (κ3) is 21.3. The van der Waals surface area contributed by atoms with E-state index in [0.717, 1.165) is 21.8 Å². The van der Waals surface area contributed by atoms with E-state index in [1.165, 1.54) is 30.2 Å². The number of esters is 1. The Kier molecular flexibility index (Phi) is 27.0. The average Bonchev–Trinajstić information content (AvgIpc) is 3.55. The van der Waals surface area contributed by atoms with Gasteiger partial charge in [-0.15, -0.1) is 0 Å². The Balaban J connectivity index is 1.28. The number of benzene rings is 4. The molecule has 4 aromatic rings. The fourth-order valence-electron chi connectivity index (χ4n) is 9.37. The van der Waals surface area contributed by atoms with Crippen LogP contribution in [0.4, 0.5) is 5.69 Å². The molecular formula is C64H85N5O12S. The monoisotopic (exact) mass is 1150 g/mol. The summed E-state index contributed by atoms with van der Waals surface area (Å²) in [6, 6.07) is 27.5. The molecule has 5 unspecified atom stereocenters. The Morgan fingerprint density at radius 1 is 0.793 bits per heavy atom. The van der Waals surface area contributed by atoms with Crippen LogP contribution in [0.25, 0.3) is 0 Å². The molecule has 0 aromatic heterocycles. The van der Waals surface area contributed by atoms with Crippen molar-refractivity contribution in [2.24, 2.45) is 11.3 Å². The zero-order chi connectivity index (χ0) is 59.6. The van der Waals surface area contributed by atoms with Crippen LogP contribution in [-0.4, -0.2) is 122 Å². The lowest BCUT2D eigenvalue weighted by atomic mass is 9.84. The number of methoxy groups -OCH3 is 4. The van der Waals surface area contributed by atoms with Gasteiger partial charge in [-0.1, -0.05) is 95.3 Å². The van der Waals surface area contributed by atoms with E-state index in [4.69, 9.17) is 23.7 Å². The number of allylic oxidation sites excluding steroid dienone is 2. The van der Waals surface area contributed by atoms with E-state index < -0.39 is 65.2 Å². The molecule has 1 aliphatic heterocycles. The van der Waals surface area contributed by atoms with Crippen molar-refractivity contribution >= 4 is 53.0 Å². The van der Waals surface area contributed by atoms with Crippen LogP contribution >= 0.6 is 11.9 Å². The minimum atomic E-state index is -0.967. The zero-order valence-electron chi connectivity index (χ0n) is 49.2. The van der Waals surface area contributed by atoms with Crippen LogP contribution in [-0.2, 0) is 51.1 Å². The van der Waals surface area contributed by atoms with Crippen LogP contribution in [0, 0.1) is 11.3 Å². The number of likely N-dealkylation sites (tertiary alicyclic amines) is 1. The lowest BCUT2D eigenvalue weighted by Gasteiger charge is -2.36. The van der Waals surface area contributed by atoms with Gasteiger partial charge in [-0.25, -0.2) is 9.10 Å². The van der Waals surface area contributed by atoms with Crippen molar-refractivity contribution < 1.29 is 57.6 Å². The molecule has 0 spiro atoms. The molecule has 444 valence electrons. The first kappa shape index (κ1) is 65.7. The average molecular weight is 1150 g/mol. The highest BCUT2D eigenvalue weighted by Crippen LogP contribution is 2.33. The number of hydrogen-bond acceptors (Lipinski definition) is 14. The van der Waals surface area contributed by atoms with E-state index >= 15 is 0 Å². The van der Waals surface area contributed by atoms with Crippen molar-refractivity contribution in [2.75, 3.05) is 53.4 Å². The Morgan fingerprint density at radius 3 is 2.21 bits per heavy atom. The third-order valence-electron chi connectivity index (χ3n) is 14.3. The van der Waals surface area contributed by atoms with Crippen LogP contribution in [0.3, 0.4) is 0 Å². The van der Waals surface area contributed by atoms with Gasteiger partial charge in [-0.3, -0.25) is 24.0 Å². The van der Waals surface area contributed by atoms with Gasteiger partial charge in [0.2, 0.25) is 23.5 Å². The van der Waals surface area contributed by atoms with Gasteiger partial charge in [0.15, 0.2) is 11.5 Å². The van der Waals surface area contributed by atoms with Gasteiger partial charge in [-0.2, -0.15) is 0 Å². The zero-order valence-corrected chi connectivity index (χ0v) is 50.0. The summed E-state index contributed by atoms with van der Waals surface area (Å²) >= 11 is 1.53. The molecule has 0 aliphatic carbocycles. The Labute approximate surface area is 489 Å². The molecule has 17 nitrogen and oxygen atoms in total. The Morgan fingerprint density at radius 2 is 1.52 bits per heavy atom. The highest BCUT2D eigenvalue weighted by molar-refractivity contribution is 7.97. The number of nitrogens with one attached hydrogen (secondary N) is 3. The second-order valence-corrected chi connectivity index (χ2v) is 22.7. The molecule has 1 heterocycles. The fourth-order valence-corrected chi connectivity index (χ4v) is 10.5. The number of aryl methyl sites for hydroxylation is 1. The summed E-state index contributed by atoms with van der Waals surface area (Å²) in [6.07, 6.45) is 7.98.